The van der Waals surface area contributed by atoms with Gasteiger partial charge >= 0.3 is 12.3 Å². The lowest BCUT2D eigenvalue weighted by Gasteiger charge is -2.37. The van der Waals surface area contributed by atoms with Gasteiger partial charge in [-0.15, -0.1) is 0 Å². The van der Waals surface area contributed by atoms with Gasteiger partial charge in [0.05, 0.1) is 23.4 Å². The average Bonchev–Trinajstić information content (AvgIpc) is 2.98. The lowest BCUT2D eigenvalue weighted by molar-refractivity contribution is -0.138. The zero-order valence-corrected chi connectivity index (χ0v) is 25.1. The quantitative estimate of drug-likeness (QED) is 0.241. The van der Waals surface area contributed by atoms with Crippen LogP contribution in [0.25, 0.3) is 0 Å². The molecular formula is C30H35ClF5N5O4. The third-order valence-corrected chi connectivity index (χ3v) is 8.40. The van der Waals surface area contributed by atoms with Crippen LogP contribution in [0.1, 0.15) is 54.4 Å². The minimum absolute atomic E-state index is 0.0560. The summed E-state index contributed by atoms with van der Waals surface area (Å²) in [7, 11) is 0. The molecule has 2 fully saturated rings. The van der Waals surface area contributed by atoms with Crippen LogP contribution in [0.15, 0.2) is 30.3 Å². The Morgan fingerprint density at radius 2 is 1.64 bits per heavy atom. The molecule has 0 radical (unpaired) electrons. The van der Waals surface area contributed by atoms with E-state index < -0.39 is 41.8 Å². The van der Waals surface area contributed by atoms with E-state index in [2.05, 4.69) is 16.0 Å². The van der Waals surface area contributed by atoms with Gasteiger partial charge in [0.2, 0.25) is 5.91 Å². The van der Waals surface area contributed by atoms with Crippen molar-refractivity contribution in [2.45, 2.75) is 57.3 Å². The van der Waals surface area contributed by atoms with Crippen LogP contribution in [0, 0.1) is 17.6 Å². The molecule has 0 unspecified atom stereocenters. The lowest BCUT2D eigenvalue weighted by Crippen LogP contribution is -2.47. The molecule has 246 valence electrons. The predicted molar refractivity (Wildman–Crippen MR) is 158 cm³/mol. The van der Waals surface area contributed by atoms with Gasteiger partial charge in [-0.3, -0.25) is 14.5 Å². The van der Waals surface area contributed by atoms with Crippen molar-refractivity contribution in [3.05, 3.63) is 58.1 Å². The number of alkyl halides is 3. The van der Waals surface area contributed by atoms with Gasteiger partial charge in [0, 0.05) is 62.3 Å². The molecule has 1 saturated heterocycles. The fraction of sp³-hybridized carbons (Fsp3) is 0.500. The van der Waals surface area contributed by atoms with E-state index in [1.807, 2.05) is 4.90 Å². The summed E-state index contributed by atoms with van der Waals surface area (Å²) in [4.78, 5) is 39.8. The highest BCUT2D eigenvalue weighted by molar-refractivity contribution is 6.31. The van der Waals surface area contributed by atoms with Crippen molar-refractivity contribution in [3.8, 4) is 0 Å². The number of rotatable bonds is 10. The molecule has 45 heavy (non-hydrogen) atoms. The first-order valence-electron chi connectivity index (χ1n) is 14.7. The van der Waals surface area contributed by atoms with Crippen molar-refractivity contribution < 1.29 is 41.4 Å². The van der Waals surface area contributed by atoms with E-state index >= 15 is 4.39 Å². The van der Waals surface area contributed by atoms with Crippen LogP contribution in [-0.2, 0) is 11.3 Å². The normalized spacial score (nSPS) is 19.2. The van der Waals surface area contributed by atoms with Gasteiger partial charge < -0.3 is 26.0 Å². The number of amides is 3. The van der Waals surface area contributed by atoms with Crippen molar-refractivity contribution in [1.29, 1.82) is 0 Å². The fourth-order valence-corrected chi connectivity index (χ4v) is 5.84. The van der Waals surface area contributed by atoms with Crippen LogP contribution >= 0.6 is 11.6 Å². The highest BCUT2D eigenvalue weighted by Gasteiger charge is 2.30. The molecule has 3 amide bonds. The number of hydrogen-bond donors (Lipinski definition) is 4. The highest BCUT2D eigenvalue weighted by atomic mass is 35.5. The van der Waals surface area contributed by atoms with Crippen LogP contribution in [0.4, 0.5) is 38.1 Å². The number of carboxylic acid groups (broad SMARTS) is 1. The van der Waals surface area contributed by atoms with Gasteiger partial charge in [-0.25, -0.2) is 13.6 Å². The molecule has 2 aromatic carbocycles. The molecule has 1 heterocycles. The van der Waals surface area contributed by atoms with Gasteiger partial charge in [0.1, 0.15) is 0 Å². The first-order chi connectivity index (χ1) is 21.3. The molecule has 0 bridgehead atoms. The van der Waals surface area contributed by atoms with E-state index in [1.165, 1.54) is 18.2 Å². The van der Waals surface area contributed by atoms with Gasteiger partial charge in [-0.05, 0) is 55.9 Å². The molecule has 1 saturated carbocycles. The van der Waals surface area contributed by atoms with Crippen LogP contribution in [-0.4, -0.2) is 72.9 Å². The number of anilines is 2. The zero-order chi connectivity index (χ0) is 32.7. The Hall–Kier alpha value is -3.65. The standard InChI is InChI=1S/C30H35ClF5N5O4/c31-20-4-8-23(24(16-20)41-13-11-40(12-14-41)10-9-30(34,35)36)39-28(43)22-7-3-19(26(32)27(22)33)17-37-25(42)15-18-1-5-21(6-2-18)38-29(44)45/h3-4,7-8,16,18,21,38H,1-2,5-6,9-15,17H2,(H,37,42)(H,39,43)(H,44,45)/t18-,21-. The van der Waals surface area contributed by atoms with E-state index in [0.717, 1.165) is 6.07 Å². The van der Waals surface area contributed by atoms with E-state index in [9.17, 15) is 31.9 Å². The molecule has 0 aromatic heterocycles. The molecule has 1 aliphatic heterocycles. The predicted octanol–water partition coefficient (Wildman–Crippen LogP) is 5.78. The van der Waals surface area contributed by atoms with E-state index in [4.69, 9.17) is 16.7 Å². The van der Waals surface area contributed by atoms with Crippen molar-refractivity contribution in [2.75, 3.05) is 42.9 Å². The summed E-state index contributed by atoms with van der Waals surface area (Å²) < 4.78 is 67.8. The van der Waals surface area contributed by atoms with Crippen LogP contribution in [0.2, 0.25) is 5.02 Å². The summed E-state index contributed by atoms with van der Waals surface area (Å²) in [5, 5.41) is 16.8. The topological polar surface area (TPSA) is 114 Å². The summed E-state index contributed by atoms with van der Waals surface area (Å²) >= 11 is 6.17. The fourth-order valence-electron chi connectivity index (χ4n) is 5.67. The smallest absolute Gasteiger partial charge is 0.404 e. The van der Waals surface area contributed by atoms with Gasteiger partial charge in [-0.2, -0.15) is 13.2 Å². The number of benzene rings is 2. The first kappa shape index (κ1) is 34.2. The Bertz CT molecular complexity index is 1380. The maximum Gasteiger partial charge on any atom is 0.404 e. The van der Waals surface area contributed by atoms with E-state index in [0.29, 0.717) is 62.6 Å². The second kappa shape index (κ2) is 15.1. The van der Waals surface area contributed by atoms with E-state index in [1.54, 1.807) is 11.0 Å². The van der Waals surface area contributed by atoms with Gasteiger partial charge in [0.15, 0.2) is 11.6 Å². The number of halogens is 6. The molecule has 9 nitrogen and oxygen atoms in total. The lowest BCUT2D eigenvalue weighted by atomic mass is 9.84. The second-order valence-electron chi connectivity index (χ2n) is 11.4. The van der Waals surface area contributed by atoms with Crippen LogP contribution in [0.3, 0.4) is 0 Å². The van der Waals surface area contributed by atoms with Crippen molar-refractivity contribution in [2.24, 2.45) is 5.92 Å². The Morgan fingerprint density at radius 1 is 0.956 bits per heavy atom. The van der Waals surface area contributed by atoms with Crippen LogP contribution in [0.5, 0.6) is 0 Å². The molecule has 4 rings (SSSR count). The van der Waals surface area contributed by atoms with Crippen molar-refractivity contribution in [1.82, 2.24) is 15.5 Å². The monoisotopic (exact) mass is 659 g/mol. The molecule has 0 spiro atoms. The average molecular weight is 660 g/mol. The van der Waals surface area contributed by atoms with Crippen molar-refractivity contribution >= 4 is 40.9 Å². The number of piperazine rings is 1. The summed E-state index contributed by atoms with van der Waals surface area (Å²) in [5.74, 6) is -3.85. The molecule has 2 aromatic rings. The third-order valence-electron chi connectivity index (χ3n) is 8.16. The van der Waals surface area contributed by atoms with Gasteiger partial charge in [0.25, 0.3) is 5.91 Å². The van der Waals surface area contributed by atoms with E-state index in [-0.39, 0.29) is 48.6 Å². The minimum Gasteiger partial charge on any atom is -0.465 e. The molecule has 0 atom stereocenters. The summed E-state index contributed by atoms with van der Waals surface area (Å²) in [5.41, 5.74) is 0.0877. The minimum atomic E-state index is -4.24. The molecular weight excluding hydrogens is 625 g/mol. The van der Waals surface area contributed by atoms with Crippen LogP contribution < -0.4 is 20.9 Å². The SMILES string of the molecule is O=C(C[C@H]1CC[C@H](NC(=O)O)CC1)NCc1ccc(C(=O)Nc2ccc(Cl)cc2N2CCN(CCC(F)(F)F)CC2)c(F)c1F. The Balaban J connectivity index is 1.33. The number of hydrogen-bond acceptors (Lipinski definition) is 5. The van der Waals surface area contributed by atoms with Crippen molar-refractivity contribution in [3.63, 3.8) is 0 Å². The molecule has 1 aliphatic carbocycles. The molecule has 4 N–H and O–H groups in total. The number of carbonyl (C=O) groups is 3. The number of carbonyl (C=O) groups excluding carboxylic acids is 2. The second-order valence-corrected chi connectivity index (χ2v) is 11.8. The molecule has 2 aliphatic rings. The Kier molecular flexibility index (Phi) is 11.5. The summed E-state index contributed by atoms with van der Waals surface area (Å²) in [6, 6.07) is 6.82. The first-order valence-corrected chi connectivity index (χ1v) is 15.0. The molecule has 15 heteroatoms. The number of nitrogens with zero attached hydrogens (tertiary/aromatic N) is 2. The summed E-state index contributed by atoms with van der Waals surface area (Å²) in [6.07, 6.45) is -3.49. The van der Waals surface area contributed by atoms with Gasteiger partial charge in [-0.1, -0.05) is 17.7 Å². The third kappa shape index (κ3) is 9.92. The Morgan fingerprint density at radius 3 is 2.29 bits per heavy atom. The maximum atomic E-state index is 15.0. The zero-order valence-electron chi connectivity index (χ0n) is 24.4. The maximum absolute atomic E-state index is 15.0. The number of nitrogens with one attached hydrogen (secondary N) is 3. The highest BCUT2D eigenvalue weighted by Crippen LogP contribution is 2.32. The Labute approximate surface area is 262 Å². The largest absolute Gasteiger partial charge is 0.465 e. The summed E-state index contributed by atoms with van der Waals surface area (Å²) in [6.45, 7) is 1.06.